The molecule has 0 saturated carbocycles. The second-order valence-corrected chi connectivity index (χ2v) is 8.26. The minimum Gasteiger partial charge on any atom is -0.335 e. The molecule has 0 bridgehead atoms. The van der Waals surface area contributed by atoms with Gasteiger partial charge in [0.2, 0.25) is 0 Å². The molecule has 3 aromatic rings. The lowest BCUT2D eigenvalue weighted by Crippen LogP contribution is -2.48. The number of amides is 1. The molecule has 160 valence electrons. The van der Waals surface area contributed by atoms with Crippen LogP contribution < -0.4 is 0 Å². The Hall–Kier alpha value is -3.06. The van der Waals surface area contributed by atoms with Gasteiger partial charge in [-0.2, -0.15) is 5.10 Å². The standard InChI is InChI=1S/C24H26FN5O/c25-18-8-10-20(11-9-18)30-22-7-2-1-6-21(22)23(27-30)24(31)29-15-13-28(14-16-29)17-19-5-3-4-12-26-19/h3-5,8-12H,1-2,6-7,13-17H2. The fourth-order valence-corrected chi connectivity index (χ4v) is 4.55. The summed E-state index contributed by atoms with van der Waals surface area (Å²) < 4.78 is 15.2. The highest BCUT2D eigenvalue weighted by Crippen LogP contribution is 2.28. The van der Waals surface area contributed by atoms with Crippen molar-refractivity contribution in [2.45, 2.75) is 32.2 Å². The number of carbonyl (C=O) groups is 1. The third-order valence-electron chi connectivity index (χ3n) is 6.23. The Morgan fingerprint density at radius 1 is 0.968 bits per heavy atom. The Labute approximate surface area is 181 Å². The van der Waals surface area contributed by atoms with Gasteiger partial charge in [0.25, 0.3) is 5.91 Å². The van der Waals surface area contributed by atoms with Crippen molar-refractivity contribution < 1.29 is 9.18 Å². The van der Waals surface area contributed by atoms with Crippen molar-refractivity contribution in [2.75, 3.05) is 26.2 Å². The maximum Gasteiger partial charge on any atom is 0.274 e. The van der Waals surface area contributed by atoms with Crippen LogP contribution in [0, 0.1) is 5.82 Å². The summed E-state index contributed by atoms with van der Waals surface area (Å²) in [7, 11) is 0. The molecule has 0 spiro atoms. The smallest absolute Gasteiger partial charge is 0.274 e. The number of benzene rings is 1. The summed E-state index contributed by atoms with van der Waals surface area (Å²) in [4.78, 5) is 22.0. The van der Waals surface area contributed by atoms with Gasteiger partial charge in [-0.15, -0.1) is 0 Å². The van der Waals surface area contributed by atoms with E-state index in [1.807, 2.05) is 34.0 Å². The molecule has 5 rings (SSSR count). The monoisotopic (exact) mass is 419 g/mol. The third kappa shape index (κ3) is 4.10. The van der Waals surface area contributed by atoms with Crippen LogP contribution in [-0.2, 0) is 19.4 Å². The van der Waals surface area contributed by atoms with E-state index in [2.05, 4.69) is 9.88 Å². The lowest BCUT2D eigenvalue weighted by atomic mass is 9.95. The van der Waals surface area contributed by atoms with Crippen LogP contribution in [0.3, 0.4) is 0 Å². The molecular weight excluding hydrogens is 393 g/mol. The minimum atomic E-state index is -0.273. The van der Waals surface area contributed by atoms with Crippen molar-refractivity contribution in [1.82, 2.24) is 24.6 Å². The van der Waals surface area contributed by atoms with Crippen LogP contribution in [-0.4, -0.2) is 56.7 Å². The van der Waals surface area contributed by atoms with E-state index in [4.69, 9.17) is 5.10 Å². The first-order chi connectivity index (χ1) is 15.2. The highest BCUT2D eigenvalue weighted by molar-refractivity contribution is 5.94. The van der Waals surface area contributed by atoms with Crippen molar-refractivity contribution >= 4 is 5.91 Å². The molecule has 6 nitrogen and oxygen atoms in total. The number of piperazine rings is 1. The lowest BCUT2D eigenvalue weighted by Gasteiger charge is -2.34. The molecule has 1 aliphatic heterocycles. The van der Waals surface area contributed by atoms with E-state index in [1.165, 1.54) is 12.1 Å². The molecule has 2 aromatic heterocycles. The van der Waals surface area contributed by atoms with E-state index < -0.39 is 0 Å². The van der Waals surface area contributed by atoms with Gasteiger partial charge in [-0.05, 0) is 62.1 Å². The SMILES string of the molecule is O=C(c1nn(-c2ccc(F)cc2)c2c1CCCC2)N1CCN(Cc2ccccn2)CC1. The molecule has 1 aliphatic carbocycles. The number of aromatic nitrogens is 3. The molecule has 2 aliphatic rings. The predicted molar refractivity (Wildman–Crippen MR) is 116 cm³/mol. The average Bonchev–Trinajstić information content (AvgIpc) is 3.20. The zero-order valence-electron chi connectivity index (χ0n) is 17.5. The summed E-state index contributed by atoms with van der Waals surface area (Å²) in [5.74, 6) is -0.263. The van der Waals surface area contributed by atoms with E-state index in [-0.39, 0.29) is 11.7 Å². The first-order valence-electron chi connectivity index (χ1n) is 11.0. The van der Waals surface area contributed by atoms with Gasteiger partial charge in [0.1, 0.15) is 5.82 Å². The number of fused-ring (bicyclic) bond motifs is 1. The molecule has 1 fully saturated rings. The fraction of sp³-hybridized carbons (Fsp3) is 0.375. The van der Waals surface area contributed by atoms with Gasteiger partial charge in [-0.25, -0.2) is 9.07 Å². The zero-order valence-corrected chi connectivity index (χ0v) is 17.5. The van der Waals surface area contributed by atoms with Crippen LogP contribution in [0.1, 0.15) is 40.3 Å². The van der Waals surface area contributed by atoms with Gasteiger partial charge in [0, 0.05) is 50.2 Å². The lowest BCUT2D eigenvalue weighted by molar-refractivity contribution is 0.0619. The molecular formula is C24H26FN5O. The maximum absolute atomic E-state index is 13.4. The maximum atomic E-state index is 13.4. The highest BCUT2D eigenvalue weighted by Gasteiger charge is 2.30. The molecule has 0 unspecified atom stereocenters. The normalized spacial score (nSPS) is 16.9. The van der Waals surface area contributed by atoms with E-state index in [1.54, 1.807) is 12.1 Å². The Kier molecular flexibility index (Phi) is 5.51. The Morgan fingerprint density at radius 3 is 2.48 bits per heavy atom. The van der Waals surface area contributed by atoms with Crippen LogP contribution >= 0.6 is 0 Å². The highest BCUT2D eigenvalue weighted by atomic mass is 19.1. The van der Waals surface area contributed by atoms with E-state index in [0.717, 1.165) is 68.0 Å². The van der Waals surface area contributed by atoms with Gasteiger partial charge in [-0.1, -0.05) is 6.07 Å². The molecule has 3 heterocycles. The minimum absolute atomic E-state index is 0.0106. The molecule has 1 saturated heterocycles. The van der Waals surface area contributed by atoms with Crippen LogP contribution in [0.25, 0.3) is 5.69 Å². The van der Waals surface area contributed by atoms with Crippen molar-refractivity contribution in [3.8, 4) is 5.69 Å². The number of carbonyl (C=O) groups excluding carboxylic acids is 1. The van der Waals surface area contributed by atoms with E-state index in [0.29, 0.717) is 18.8 Å². The number of hydrogen-bond acceptors (Lipinski definition) is 4. The van der Waals surface area contributed by atoms with E-state index in [9.17, 15) is 9.18 Å². The number of nitrogens with zero attached hydrogens (tertiary/aromatic N) is 5. The van der Waals surface area contributed by atoms with Crippen molar-refractivity contribution in [2.24, 2.45) is 0 Å². The summed E-state index contributed by atoms with van der Waals surface area (Å²) in [6.07, 6.45) is 5.73. The number of halogens is 1. The molecule has 1 amide bonds. The van der Waals surface area contributed by atoms with Gasteiger partial charge in [0.15, 0.2) is 5.69 Å². The Bertz CT molecular complexity index is 1060. The summed E-state index contributed by atoms with van der Waals surface area (Å²) in [6.45, 7) is 3.82. The largest absolute Gasteiger partial charge is 0.335 e. The molecule has 7 heteroatoms. The molecule has 0 atom stereocenters. The fourth-order valence-electron chi connectivity index (χ4n) is 4.55. The van der Waals surface area contributed by atoms with Crippen molar-refractivity contribution in [3.05, 3.63) is 77.1 Å². The number of pyridine rings is 1. The van der Waals surface area contributed by atoms with Crippen LogP contribution in [0.15, 0.2) is 48.7 Å². The van der Waals surface area contributed by atoms with Crippen molar-refractivity contribution in [1.29, 1.82) is 0 Å². The van der Waals surface area contributed by atoms with Crippen LogP contribution in [0.5, 0.6) is 0 Å². The second kappa shape index (κ2) is 8.59. The number of rotatable bonds is 4. The summed E-state index contributed by atoms with van der Waals surface area (Å²) in [6, 6.07) is 12.3. The van der Waals surface area contributed by atoms with Crippen LogP contribution in [0.4, 0.5) is 4.39 Å². The van der Waals surface area contributed by atoms with Gasteiger partial charge in [-0.3, -0.25) is 14.7 Å². The predicted octanol–water partition coefficient (Wildman–Crippen LogP) is 3.24. The zero-order chi connectivity index (χ0) is 21.2. The molecule has 0 N–H and O–H groups in total. The average molecular weight is 420 g/mol. The third-order valence-corrected chi connectivity index (χ3v) is 6.23. The number of hydrogen-bond donors (Lipinski definition) is 0. The van der Waals surface area contributed by atoms with Gasteiger partial charge in [0.05, 0.1) is 11.4 Å². The molecule has 1 aromatic carbocycles. The quantitative estimate of drug-likeness (QED) is 0.652. The summed E-state index contributed by atoms with van der Waals surface area (Å²) in [5, 5.41) is 4.73. The van der Waals surface area contributed by atoms with Gasteiger partial charge >= 0.3 is 0 Å². The first kappa shape index (κ1) is 19.9. The topological polar surface area (TPSA) is 54.3 Å². The molecule has 31 heavy (non-hydrogen) atoms. The van der Waals surface area contributed by atoms with Gasteiger partial charge < -0.3 is 4.90 Å². The van der Waals surface area contributed by atoms with Crippen LogP contribution in [0.2, 0.25) is 0 Å². The van der Waals surface area contributed by atoms with E-state index >= 15 is 0 Å². The summed E-state index contributed by atoms with van der Waals surface area (Å²) in [5.41, 5.74) is 4.58. The summed E-state index contributed by atoms with van der Waals surface area (Å²) >= 11 is 0. The second-order valence-electron chi connectivity index (χ2n) is 8.26. The Balaban J connectivity index is 1.33. The Morgan fingerprint density at radius 2 is 1.74 bits per heavy atom. The van der Waals surface area contributed by atoms with Crippen molar-refractivity contribution in [3.63, 3.8) is 0 Å². The molecule has 0 radical (unpaired) electrons. The first-order valence-corrected chi connectivity index (χ1v) is 11.0.